The quantitative estimate of drug-likeness (QED) is 0.411. The molecule has 14 nitrogen and oxygen atoms in total. The molecule has 2 aromatic rings. The fourth-order valence-corrected chi connectivity index (χ4v) is 3.62. The molecule has 2 fully saturated rings. The number of carbonyl (C=O) groups excluding carboxylic acids is 1. The predicted molar refractivity (Wildman–Crippen MR) is 119 cm³/mol. The minimum Gasteiger partial charge on any atom is -0.478 e. The zero-order valence-electron chi connectivity index (χ0n) is 18.8. The number of rotatable bonds is 7. The fraction of sp³-hybridized carbons (Fsp3) is 0.550. The van der Waals surface area contributed by atoms with Crippen LogP contribution in [0.25, 0.3) is 11.2 Å². The lowest BCUT2D eigenvalue weighted by Crippen LogP contribution is -2.50. The summed E-state index contributed by atoms with van der Waals surface area (Å²) >= 11 is 0. The Kier molecular flexibility index (Phi) is 8.81. The van der Waals surface area contributed by atoms with Crippen LogP contribution in [0.4, 0.5) is 5.82 Å². The number of piperazine rings is 1. The van der Waals surface area contributed by atoms with Gasteiger partial charge in [-0.3, -0.25) is 9.69 Å². The molecule has 1 amide bonds. The van der Waals surface area contributed by atoms with E-state index in [2.05, 4.69) is 35.4 Å². The maximum absolute atomic E-state index is 12.1. The molecule has 2 aliphatic heterocycles. The number of anilines is 1. The van der Waals surface area contributed by atoms with Gasteiger partial charge in [0.25, 0.3) is 0 Å². The largest absolute Gasteiger partial charge is 0.478 e. The summed E-state index contributed by atoms with van der Waals surface area (Å²) in [4.78, 5) is 44.2. The molecular formula is C20H28N8O6. The van der Waals surface area contributed by atoms with Crippen molar-refractivity contribution in [3.8, 4) is 0 Å². The summed E-state index contributed by atoms with van der Waals surface area (Å²) in [6.45, 7) is 5.04. The monoisotopic (exact) mass is 476 g/mol. The van der Waals surface area contributed by atoms with Gasteiger partial charge in [0, 0.05) is 58.5 Å². The van der Waals surface area contributed by atoms with E-state index in [1.54, 1.807) is 11.0 Å². The molecule has 1 unspecified atom stereocenters. The van der Waals surface area contributed by atoms with Crippen molar-refractivity contribution < 1.29 is 29.3 Å². The zero-order chi connectivity index (χ0) is 24.5. The number of aliphatic carboxylic acids is 2. The highest BCUT2D eigenvalue weighted by Gasteiger charge is 2.23. The maximum Gasteiger partial charge on any atom is 0.328 e. The Morgan fingerprint density at radius 2 is 1.85 bits per heavy atom. The predicted octanol–water partition coefficient (Wildman–Crippen LogP) is -1.11. The smallest absolute Gasteiger partial charge is 0.328 e. The summed E-state index contributed by atoms with van der Waals surface area (Å²) < 4.78 is 7.18. The number of aromatic nitrogens is 5. The van der Waals surface area contributed by atoms with E-state index in [9.17, 15) is 14.4 Å². The van der Waals surface area contributed by atoms with Gasteiger partial charge in [-0.25, -0.2) is 24.2 Å². The zero-order valence-corrected chi connectivity index (χ0v) is 18.8. The molecule has 2 aliphatic rings. The Labute approximate surface area is 195 Å². The molecule has 2 saturated heterocycles. The van der Waals surface area contributed by atoms with Crippen molar-refractivity contribution in [3.05, 3.63) is 18.5 Å². The molecule has 0 radical (unpaired) electrons. The Bertz CT molecular complexity index is 1010. The van der Waals surface area contributed by atoms with Crippen molar-refractivity contribution >= 4 is 34.8 Å². The molecular weight excluding hydrogens is 448 g/mol. The normalized spacial score (nSPS) is 18.6. The lowest BCUT2D eigenvalue weighted by Gasteiger charge is -2.34. The third kappa shape index (κ3) is 7.18. The van der Waals surface area contributed by atoms with Gasteiger partial charge in [0.15, 0.2) is 17.0 Å². The number of carbonyl (C=O) groups is 3. The first-order valence-electron chi connectivity index (χ1n) is 10.8. The number of nitrogens with one attached hydrogen (secondary N) is 1. The highest BCUT2D eigenvalue weighted by atomic mass is 16.5. The van der Waals surface area contributed by atoms with Gasteiger partial charge in [-0.1, -0.05) is 5.21 Å². The first-order valence-corrected chi connectivity index (χ1v) is 10.8. The summed E-state index contributed by atoms with van der Waals surface area (Å²) in [5.41, 5.74) is 1.45. The van der Waals surface area contributed by atoms with Crippen LogP contribution >= 0.6 is 0 Å². The topological polar surface area (TPSA) is 176 Å². The van der Waals surface area contributed by atoms with Crippen molar-refractivity contribution in [1.29, 1.82) is 0 Å². The van der Waals surface area contributed by atoms with Gasteiger partial charge in [0.1, 0.15) is 6.33 Å². The van der Waals surface area contributed by atoms with Crippen molar-refractivity contribution in [2.45, 2.75) is 18.9 Å². The van der Waals surface area contributed by atoms with E-state index in [1.165, 1.54) is 0 Å². The molecule has 0 aliphatic carbocycles. The molecule has 0 aromatic carbocycles. The van der Waals surface area contributed by atoms with Crippen molar-refractivity contribution in [2.24, 2.45) is 7.05 Å². The second-order valence-corrected chi connectivity index (χ2v) is 7.79. The van der Waals surface area contributed by atoms with Crippen molar-refractivity contribution in [2.75, 3.05) is 50.8 Å². The van der Waals surface area contributed by atoms with Crippen molar-refractivity contribution in [3.63, 3.8) is 0 Å². The SMILES string of the molecule is Cn1nnc2c(N3CCN(CC(=O)NCC4CCCO4)CC3)ncnc21.O=C(O)/C=C\C(=O)O. The number of nitrogens with zero attached hydrogens (tertiary/aromatic N) is 7. The lowest BCUT2D eigenvalue weighted by molar-refractivity contribution is -0.134. The standard InChI is InChI=1S/C16H24N8O2.C4H4O4/c1-22-15-14(20-21-22)16(19-11-18-15)24-6-4-23(5-7-24)10-13(25)17-9-12-3-2-8-26-12;5-3(6)1-2-4(7)8/h11-12H,2-10H2,1H3,(H,17,25);1-2H,(H,5,6)(H,7,8)/b;2-1-. The average Bonchev–Trinajstić information content (AvgIpc) is 3.47. The number of carboxylic acid groups (broad SMARTS) is 2. The minimum atomic E-state index is -1.26. The third-order valence-electron chi connectivity index (χ3n) is 5.33. The molecule has 184 valence electrons. The van der Waals surface area contributed by atoms with Crippen LogP contribution in [0, 0.1) is 0 Å². The molecule has 1 atom stereocenters. The molecule has 3 N–H and O–H groups in total. The molecule has 4 rings (SSSR count). The molecule has 4 heterocycles. The van der Waals surface area contributed by atoms with Crippen LogP contribution in [-0.2, 0) is 26.2 Å². The summed E-state index contributed by atoms with van der Waals surface area (Å²) in [7, 11) is 1.82. The Hall–Kier alpha value is -3.65. The van der Waals surface area contributed by atoms with Gasteiger partial charge in [-0.2, -0.15) is 0 Å². The first kappa shape index (κ1) is 25.0. The second kappa shape index (κ2) is 12.0. The molecule has 0 bridgehead atoms. The van der Waals surface area contributed by atoms with E-state index in [4.69, 9.17) is 14.9 Å². The maximum atomic E-state index is 12.1. The van der Waals surface area contributed by atoms with Gasteiger partial charge in [0.2, 0.25) is 5.91 Å². The number of ether oxygens (including phenoxy) is 1. The van der Waals surface area contributed by atoms with Crippen LogP contribution in [0.5, 0.6) is 0 Å². The van der Waals surface area contributed by atoms with E-state index in [0.29, 0.717) is 25.2 Å². The number of carboxylic acids is 2. The van der Waals surface area contributed by atoms with Crippen LogP contribution in [0.2, 0.25) is 0 Å². The fourth-order valence-electron chi connectivity index (χ4n) is 3.62. The van der Waals surface area contributed by atoms with E-state index in [0.717, 1.165) is 62.6 Å². The van der Waals surface area contributed by atoms with E-state index in [-0.39, 0.29) is 12.0 Å². The van der Waals surface area contributed by atoms with Gasteiger partial charge < -0.3 is 25.2 Å². The van der Waals surface area contributed by atoms with Gasteiger partial charge in [0.05, 0.1) is 12.6 Å². The number of hydrogen-bond acceptors (Lipinski definition) is 10. The number of aryl methyl sites for hydroxylation is 1. The lowest BCUT2D eigenvalue weighted by atomic mass is 10.2. The first-order chi connectivity index (χ1) is 16.3. The molecule has 0 spiro atoms. The minimum absolute atomic E-state index is 0.0623. The van der Waals surface area contributed by atoms with Crippen LogP contribution < -0.4 is 10.2 Å². The van der Waals surface area contributed by atoms with E-state index in [1.807, 2.05) is 7.05 Å². The Balaban J connectivity index is 0.000000350. The summed E-state index contributed by atoms with van der Waals surface area (Å²) in [6.07, 6.45) is 4.97. The molecule has 0 saturated carbocycles. The van der Waals surface area contributed by atoms with Crippen LogP contribution in [0.3, 0.4) is 0 Å². The van der Waals surface area contributed by atoms with Gasteiger partial charge >= 0.3 is 11.9 Å². The highest BCUT2D eigenvalue weighted by Crippen LogP contribution is 2.21. The summed E-state index contributed by atoms with van der Waals surface area (Å²) in [6, 6.07) is 0. The number of amides is 1. The molecule has 34 heavy (non-hydrogen) atoms. The van der Waals surface area contributed by atoms with Crippen molar-refractivity contribution in [1.82, 2.24) is 35.2 Å². The number of fused-ring (bicyclic) bond motifs is 1. The van der Waals surface area contributed by atoms with E-state index >= 15 is 0 Å². The third-order valence-corrected chi connectivity index (χ3v) is 5.33. The number of hydrogen-bond donors (Lipinski definition) is 3. The summed E-state index contributed by atoms with van der Waals surface area (Å²) in [5, 5.41) is 26.8. The van der Waals surface area contributed by atoms with Crippen LogP contribution in [0.1, 0.15) is 12.8 Å². The Morgan fingerprint density at radius 3 is 2.47 bits per heavy atom. The van der Waals surface area contributed by atoms with E-state index < -0.39 is 11.9 Å². The Morgan fingerprint density at radius 1 is 1.15 bits per heavy atom. The van der Waals surface area contributed by atoms with Gasteiger partial charge in [-0.05, 0) is 12.8 Å². The van der Waals surface area contributed by atoms with Crippen LogP contribution in [0.15, 0.2) is 18.5 Å². The molecule has 2 aromatic heterocycles. The second-order valence-electron chi connectivity index (χ2n) is 7.79. The molecule has 14 heteroatoms. The summed E-state index contributed by atoms with van der Waals surface area (Å²) in [5.74, 6) is -1.64. The van der Waals surface area contributed by atoms with Gasteiger partial charge in [-0.15, -0.1) is 5.10 Å². The average molecular weight is 476 g/mol. The van der Waals surface area contributed by atoms with Crippen LogP contribution in [-0.4, -0.2) is 110 Å². The highest BCUT2D eigenvalue weighted by molar-refractivity contribution is 5.89.